The van der Waals surface area contributed by atoms with Gasteiger partial charge in [-0.15, -0.1) is 11.3 Å². The van der Waals surface area contributed by atoms with Gasteiger partial charge in [0.1, 0.15) is 0 Å². The first-order chi connectivity index (χ1) is 8.58. The second-order valence-corrected chi connectivity index (χ2v) is 5.79. The van der Waals surface area contributed by atoms with Gasteiger partial charge in [-0.1, -0.05) is 6.07 Å². The van der Waals surface area contributed by atoms with Crippen molar-refractivity contribution in [3.8, 4) is 0 Å². The van der Waals surface area contributed by atoms with Crippen molar-refractivity contribution in [3.63, 3.8) is 0 Å². The minimum atomic E-state index is -0.922. The maximum atomic E-state index is 10.9. The normalized spacial score (nSPS) is 10.3. The molecule has 0 fully saturated rings. The predicted molar refractivity (Wildman–Crippen MR) is 77.5 cm³/mol. The van der Waals surface area contributed by atoms with Crippen molar-refractivity contribution < 1.29 is 9.90 Å². The first-order valence-corrected chi connectivity index (χ1v) is 7.01. The molecule has 1 N–H and O–H groups in total. The molecule has 0 aliphatic rings. The smallest absolute Gasteiger partial charge is 0.336 e. The third kappa shape index (κ3) is 2.91. The van der Waals surface area contributed by atoms with E-state index in [-0.39, 0.29) is 5.56 Å². The van der Waals surface area contributed by atoms with Gasteiger partial charge in [0.05, 0.1) is 12.1 Å². The van der Waals surface area contributed by atoms with Crippen molar-refractivity contribution in [2.75, 3.05) is 11.9 Å². The van der Waals surface area contributed by atoms with Gasteiger partial charge in [0.25, 0.3) is 0 Å². The quantitative estimate of drug-likeness (QED) is 0.928. The number of halogens is 1. The molecule has 94 valence electrons. The van der Waals surface area contributed by atoms with Gasteiger partial charge in [-0.3, -0.25) is 0 Å². The highest BCUT2D eigenvalue weighted by atomic mass is 79.9. The molecule has 0 bridgehead atoms. The van der Waals surface area contributed by atoms with Crippen LogP contribution in [0, 0.1) is 0 Å². The Morgan fingerprint density at radius 3 is 2.78 bits per heavy atom. The molecule has 1 heterocycles. The van der Waals surface area contributed by atoms with E-state index in [0.29, 0.717) is 4.47 Å². The van der Waals surface area contributed by atoms with E-state index in [1.807, 2.05) is 30.6 Å². The van der Waals surface area contributed by atoms with Crippen molar-refractivity contribution in [2.24, 2.45) is 0 Å². The summed E-state index contributed by atoms with van der Waals surface area (Å²) < 4.78 is 0.602. The molecule has 0 saturated heterocycles. The lowest BCUT2D eigenvalue weighted by Gasteiger charge is -2.19. The highest BCUT2D eigenvalue weighted by Gasteiger charge is 2.10. The predicted octanol–water partition coefficient (Wildman–Crippen LogP) is 3.85. The van der Waals surface area contributed by atoms with E-state index in [1.54, 1.807) is 17.4 Å². The zero-order chi connectivity index (χ0) is 13.1. The maximum absolute atomic E-state index is 10.9. The summed E-state index contributed by atoms with van der Waals surface area (Å²) >= 11 is 5.00. The first-order valence-electron chi connectivity index (χ1n) is 5.34. The first kappa shape index (κ1) is 13.1. The number of carbonyl (C=O) groups is 1. The molecule has 0 radical (unpaired) electrons. The van der Waals surface area contributed by atoms with Crippen LogP contribution in [0.25, 0.3) is 0 Å². The summed E-state index contributed by atoms with van der Waals surface area (Å²) in [6.45, 7) is 0.816. The van der Waals surface area contributed by atoms with Crippen LogP contribution in [0.1, 0.15) is 15.2 Å². The van der Waals surface area contributed by atoms with Gasteiger partial charge >= 0.3 is 5.97 Å². The molecule has 0 atom stereocenters. The largest absolute Gasteiger partial charge is 0.478 e. The van der Waals surface area contributed by atoms with Gasteiger partial charge in [0.2, 0.25) is 0 Å². The second-order valence-electron chi connectivity index (χ2n) is 3.90. The standard InChI is InChI=1S/C13H12BrNO2S/c1-15(8-10-3-2-6-18-10)9-4-5-11(13(16)17)12(14)7-9/h2-7H,8H2,1H3,(H,16,17). The molecule has 1 aromatic heterocycles. The number of aromatic carboxylic acids is 1. The fourth-order valence-corrected chi connectivity index (χ4v) is 2.94. The summed E-state index contributed by atoms with van der Waals surface area (Å²) in [5.74, 6) is -0.922. The number of anilines is 1. The molecule has 0 saturated carbocycles. The molecular weight excluding hydrogens is 314 g/mol. The van der Waals surface area contributed by atoms with Crippen molar-refractivity contribution in [2.45, 2.75) is 6.54 Å². The Morgan fingerprint density at radius 1 is 1.44 bits per heavy atom. The minimum absolute atomic E-state index is 0.281. The van der Waals surface area contributed by atoms with Crippen molar-refractivity contribution in [3.05, 3.63) is 50.6 Å². The van der Waals surface area contributed by atoms with Crippen LogP contribution in [0.4, 0.5) is 5.69 Å². The Balaban J connectivity index is 2.18. The van der Waals surface area contributed by atoms with Crippen LogP contribution in [0.3, 0.4) is 0 Å². The van der Waals surface area contributed by atoms with Crippen LogP contribution in [-0.2, 0) is 6.54 Å². The van der Waals surface area contributed by atoms with Gasteiger partial charge < -0.3 is 10.0 Å². The molecule has 0 amide bonds. The van der Waals surface area contributed by atoms with E-state index >= 15 is 0 Å². The molecule has 0 spiro atoms. The monoisotopic (exact) mass is 325 g/mol. The molecule has 2 rings (SSSR count). The summed E-state index contributed by atoms with van der Waals surface area (Å²) in [7, 11) is 1.99. The summed E-state index contributed by atoms with van der Waals surface area (Å²) in [4.78, 5) is 14.3. The fraction of sp³-hybridized carbons (Fsp3) is 0.154. The second kappa shape index (κ2) is 5.54. The van der Waals surface area contributed by atoms with Crippen molar-refractivity contribution in [1.29, 1.82) is 0 Å². The topological polar surface area (TPSA) is 40.5 Å². The maximum Gasteiger partial charge on any atom is 0.336 e. The Morgan fingerprint density at radius 2 is 2.22 bits per heavy atom. The number of thiophene rings is 1. The van der Waals surface area contributed by atoms with Crippen LogP contribution in [0.5, 0.6) is 0 Å². The average Bonchev–Trinajstić information content (AvgIpc) is 2.81. The molecule has 2 aromatic rings. The van der Waals surface area contributed by atoms with E-state index in [1.165, 1.54) is 4.88 Å². The number of rotatable bonds is 4. The van der Waals surface area contributed by atoms with Gasteiger partial charge in [-0.05, 0) is 45.6 Å². The lowest BCUT2D eigenvalue weighted by atomic mass is 10.2. The molecular formula is C13H12BrNO2S. The highest BCUT2D eigenvalue weighted by molar-refractivity contribution is 9.10. The number of nitrogens with zero attached hydrogens (tertiary/aromatic N) is 1. The number of carboxylic acid groups (broad SMARTS) is 1. The third-order valence-electron chi connectivity index (χ3n) is 2.60. The summed E-state index contributed by atoms with van der Waals surface area (Å²) in [6, 6.07) is 9.38. The van der Waals surface area contributed by atoms with Gasteiger partial charge in [0.15, 0.2) is 0 Å². The van der Waals surface area contributed by atoms with Crippen LogP contribution >= 0.6 is 27.3 Å². The van der Waals surface area contributed by atoms with E-state index in [0.717, 1.165) is 12.2 Å². The van der Waals surface area contributed by atoms with Crippen molar-refractivity contribution >= 4 is 38.9 Å². The molecule has 0 aliphatic carbocycles. The molecule has 3 nitrogen and oxygen atoms in total. The molecule has 1 aromatic carbocycles. The van der Waals surface area contributed by atoms with E-state index < -0.39 is 5.97 Å². The lowest BCUT2D eigenvalue weighted by Crippen LogP contribution is -2.15. The van der Waals surface area contributed by atoms with Gasteiger partial charge in [0, 0.05) is 22.1 Å². The third-order valence-corrected chi connectivity index (χ3v) is 4.11. The van der Waals surface area contributed by atoms with Crippen LogP contribution in [0.15, 0.2) is 40.2 Å². The molecule has 0 aliphatic heterocycles. The van der Waals surface area contributed by atoms with Crippen molar-refractivity contribution in [1.82, 2.24) is 0 Å². The Labute approximate surface area is 118 Å². The number of carboxylic acids is 1. The van der Waals surface area contributed by atoms with Gasteiger partial charge in [-0.25, -0.2) is 4.79 Å². The van der Waals surface area contributed by atoms with Gasteiger partial charge in [-0.2, -0.15) is 0 Å². The molecule has 18 heavy (non-hydrogen) atoms. The summed E-state index contributed by atoms with van der Waals surface area (Å²) in [5.41, 5.74) is 1.27. The zero-order valence-corrected chi connectivity index (χ0v) is 12.2. The minimum Gasteiger partial charge on any atom is -0.478 e. The average molecular weight is 326 g/mol. The number of hydrogen-bond donors (Lipinski definition) is 1. The van der Waals surface area contributed by atoms with Crippen LogP contribution < -0.4 is 4.90 Å². The SMILES string of the molecule is CN(Cc1cccs1)c1ccc(C(=O)O)c(Br)c1. The molecule has 5 heteroatoms. The lowest BCUT2D eigenvalue weighted by molar-refractivity contribution is 0.0696. The van der Waals surface area contributed by atoms with Crippen LogP contribution in [-0.4, -0.2) is 18.1 Å². The van der Waals surface area contributed by atoms with E-state index in [4.69, 9.17) is 5.11 Å². The number of benzene rings is 1. The van der Waals surface area contributed by atoms with E-state index in [2.05, 4.69) is 26.9 Å². The van der Waals surface area contributed by atoms with Crippen LogP contribution in [0.2, 0.25) is 0 Å². The Bertz CT molecular complexity index is 554. The summed E-state index contributed by atoms with van der Waals surface area (Å²) in [5, 5.41) is 11.0. The number of hydrogen-bond acceptors (Lipinski definition) is 3. The Hall–Kier alpha value is -1.33. The fourth-order valence-electron chi connectivity index (χ4n) is 1.64. The zero-order valence-electron chi connectivity index (χ0n) is 9.76. The molecule has 0 unspecified atom stereocenters. The van der Waals surface area contributed by atoms with E-state index in [9.17, 15) is 4.79 Å². The Kier molecular flexibility index (Phi) is 4.04. The summed E-state index contributed by atoms with van der Waals surface area (Å²) in [6.07, 6.45) is 0. The highest BCUT2D eigenvalue weighted by Crippen LogP contribution is 2.25.